The zero-order chi connectivity index (χ0) is 25.8. The Morgan fingerprint density at radius 2 is 1.38 bits per heavy atom. The van der Waals surface area contributed by atoms with Crippen molar-refractivity contribution in [3.63, 3.8) is 0 Å². The number of nitrogens with zero attached hydrogens (tertiary/aromatic N) is 1. The minimum atomic E-state index is -0.813. The predicted octanol–water partition coefficient (Wildman–Crippen LogP) is 7.68. The van der Waals surface area contributed by atoms with E-state index in [2.05, 4.69) is 40.5 Å². The molecule has 0 atom stereocenters. The number of hydrogen-bond acceptors (Lipinski definition) is 3. The molecular formula is C32H28N2O3. The Kier molecular flexibility index (Phi) is 6.95. The van der Waals surface area contributed by atoms with Crippen LogP contribution in [0.1, 0.15) is 48.7 Å². The number of benzene rings is 4. The van der Waals surface area contributed by atoms with Crippen molar-refractivity contribution in [2.24, 2.45) is 0 Å². The molecule has 0 unspecified atom stereocenters. The average Bonchev–Trinajstić information content (AvgIpc) is 3.43. The third-order valence-electron chi connectivity index (χ3n) is 6.83. The Morgan fingerprint density at radius 3 is 2.05 bits per heavy atom. The van der Waals surface area contributed by atoms with E-state index in [4.69, 9.17) is 0 Å². The molecule has 5 heteroatoms. The molecule has 0 saturated carbocycles. The topological polar surface area (TPSA) is 83.1 Å². The number of ketones is 1. The van der Waals surface area contributed by atoms with E-state index in [1.807, 2.05) is 60.7 Å². The summed E-state index contributed by atoms with van der Waals surface area (Å²) in [6.07, 6.45) is 3.39. The number of carboxylic acids is 1. The molecule has 1 aliphatic rings. The maximum absolute atomic E-state index is 11.5. The lowest BCUT2D eigenvalue weighted by molar-refractivity contribution is -0.132. The molecule has 0 amide bonds. The highest BCUT2D eigenvalue weighted by molar-refractivity contribution is 5.98. The van der Waals surface area contributed by atoms with Gasteiger partial charge in [0.15, 0.2) is 5.78 Å². The summed E-state index contributed by atoms with van der Waals surface area (Å²) in [4.78, 5) is 22.6. The molecule has 0 radical (unpaired) electrons. The standard InChI is InChI=1S/C20H18N2O2.C12H10O/c23-20(24)17-8-4-3-7-16(17)19-12-18(21-22-19)15-10-9-13-5-1-2-6-14(13)11-15;1-9(13)11-7-6-10-4-2-3-5-12(10)8-11/h1-2,5-6,9-12H,3-4,7-8H2,(H,21,22)(H,23,24);2-8H,1H3. The number of carboxylic acid groups (broad SMARTS) is 1. The van der Waals surface area contributed by atoms with E-state index in [0.29, 0.717) is 12.0 Å². The van der Waals surface area contributed by atoms with Crippen LogP contribution in [0.2, 0.25) is 0 Å². The summed E-state index contributed by atoms with van der Waals surface area (Å²) in [5, 5.41) is 21.5. The number of carbonyl (C=O) groups excluding carboxylic acids is 1. The van der Waals surface area contributed by atoms with Crippen LogP contribution in [0, 0.1) is 0 Å². The maximum atomic E-state index is 11.5. The Hall–Kier alpha value is -4.51. The molecule has 184 valence electrons. The number of H-pyrrole nitrogens is 1. The number of carbonyl (C=O) groups is 2. The molecule has 1 heterocycles. The number of aromatic amines is 1. The van der Waals surface area contributed by atoms with Gasteiger partial charge < -0.3 is 5.11 Å². The van der Waals surface area contributed by atoms with Gasteiger partial charge in [0.2, 0.25) is 0 Å². The number of fused-ring (bicyclic) bond motifs is 2. The van der Waals surface area contributed by atoms with Crippen LogP contribution >= 0.6 is 0 Å². The van der Waals surface area contributed by atoms with Crippen LogP contribution in [0.4, 0.5) is 0 Å². The molecule has 5 aromatic rings. The fourth-order valence-electron chi connectivity index (χ4n) is 4.82. The molecule has 4 aromatic carbocycles. The van der Waals surface area contributed by atoms with Gasteiger partial charge in [-0.25, -0.2) is 4.79 Å². The molecule has 2 N–H and O–H groups in total. The summed E-state index contributed by atoms with van der Waals surface area (Å²) in [5.74, 6) is -0.697. The molecule has 0 saturated heterocycles. The fourth-order valence-corrected chi connectivity index (χ4v) is 4.82. The van der Waals surface area contributed by atoms with Crippen LogP contribution in [0.25, 0.3) is 38.4 Å². The first-order chi connectivity index (χ1) is 18.0. The molecule has 0 bridgehead atoms. The van der Waals surface area contributed by atoms with Crippen LogP contribution < -0.4 is 0 Å². The van der Waals surface area contributed by atoms with Crippen LogP contribution in [0.3, 0.4) is 0 Å². The number of aromatic nitrogens is 2. The molecule has 0 spiro atoms. The van der Waals surface area contributed by atoms with E-state index in [9.17, 15) is 14.7 Å². The van der Waals surface area contributed by atoms with Gasteiger partial charge in [-0.2, -0.15) is 5.10 Å². The molecule has 0 aliphatic heterocycles. The van der Waals surface area contributed by atoms with E-state index in [-0.39, 0.29) is 5.78 Å². The van der Waals surface area contributed by atoms with Gasteiger partial charge in [-0.3, -0.25) is 9.89 Å². The van der Waals surface area contributed by atoms with Crippen molar-refractivity contribution in [2.75, 3.05) is 0 Å². The smallest absolute Gasteiger partial charge is 0.331 e. The summed E-state index contributed by atoms with van der Waals surface area (Å²) in [6.45, 7) is 1.59. The minimum absolute atomic E-state index is 0.116. The first kappa shape index (κ1) is 24.2. The van der Waals surface area contributed by atoms with Crippen molar-refractivity contribution >= 4 is 38.9 Å². The second-order valence-electron chi connectivity index (χ2n) is 9.32. The quantitative estimate of drug-likeness (QED) is 0.254. The van der Waals surface area contributed by atoms with Crippen LogP contribution in [-0.2, 0) is 4.79 Å². The van der Waals surface area contributed by atoms with Crippen molar-refractivity contribution in [1.82, 2.24) is 10.2 Å². The van der Waals surface area contributed by atoms with Gasteiger partial charge >= 0.3 is 5.97 Å². The lowest BCUT2D eigenvalue weighted by atomic mass is 9.89. The van der Waals surface area contributed by atoms with Crippen molar-refractivity contribution in [3.8, 4) is 11.3 Å². The second kappa shape index (κ2) is 10.6. The second-order valence-corrected chi connectivity index (χ2v) is 9.32. The summed E-state index contributed by atoms with van der Waals surface area (Å²) in [5.41, 5.74) is 4.90. The molecule has 6 rings (SSSR count). The van der Waals surface area contributed by atoms with Gasteiger partial charge in [-0.05, 0) is 77.9 Å². The van der Waals surface area contributed by atoms with Crippen molar-refractivity contribution in [3.05, 3.63) is 108 Å². The average molecular weight is 489 g/mol. The number of aliphatic carboxylic acids is 1. The number of Topliss-reactive ketones (excluding diaryl/α,β-unsaturated/α-hetero) is 1. The minimum Gasteiger partial charge on any atom is -0.478 e. The van der Waals surface area contributed by atoms with E-state index in [1.54, 1.807) is 6.92 Å². The van der Waals surface area contributed by atoms with E-state index in [0.717, 1.165) is 52.7 Å². The van der Waals surface area contributed by atoms with Crippen molar-refractivity contribution < 1.29 is 14.7 Å². The Labute approximate surface area is 215 Å². The zero-order valence-corrected chi connectivity index (χ0v) is 20.7. The lowest BCUT2D eigenvalue weighted by Gasteiger charge is -2.16. The molecular weight excluding hydrogens is 460 g/mol. The number of nitrogens with one attached hydrogen (secondary N) is 1. The molecule has 37 heavy (non-hydrogen) atoms. The largest absolute Gasteiger partial charge is 0.478 e. The van der Waals surface area contributed by atoms with Gasteiger partial charge in [0, 0.05) is 16.7 Å². The van der Waals surface area contributed by atoms with E-state index in [1.165, 1.54) is 16.2 Å². The van der Waals surface area contributed by atoms with Crippen LogP contribution in [-0.4, -0.2) is 27.1 Å². The highest BCUT2D eigenvalue weighted by Crippen LogP contribution is 2.33. The summed E-state index contributed by atoms with van der Waals surface area (Å²) in [6, 6.07) is 30.2. The van der Waals surface area contributed by atoms with E-state index < -0.39 is 5.97 Å². The van der Waals surface area contributed by atoms with Gasteiger partial charge in [-0.1, -0.05) is 72.8 Å². The zero-order valence-electron chi connectivity index (χ0n) is 20.7. The Bertz CT molecular complexity index is 1640. The number of allylic oxidation sites excluding steroid dienone is 1. The first-order valence-electron chi connectivity index (χ1n) is 12.5. The number of hydrogen-bond donors (Lipinski definition) is 2. The Balaban J connectivity index is 0.000000182. The number of rotatable bonds is 4. The van der Waals surface area contributed by atoms with Crippen molar-refractivity contribution in [2.45, 2.75) is 32.6 Å². The Morgan fingerprint density at radius 1 is 0.757 bits per heavy atom. The highest BCUT2D eigenvalue weighted by Gasteiger charge is 2.21. The van der Waals surface area contributed by atoms with E-state index >= 15 is 0 Å². The SMILES string of the molecule is CC(=O)c1ccc2ccccc2c1.O=C(O)C1=C(c2cc(-c3ccc4ccccc4c3)n[nH]2)CCCC1. The van der Waals surface area contributed by atoms with Gasteiger partial charge in [-0.15, -0.1) is 0 Å². The predicted molar refractivity (Wildman–Crippen MR) is 149 cm³/mol. The normalized spacial score (nSPS) is 13.3. The molecule has 1 aliphatic carbocycles. The van der Waals surface area contributed by atoms with Crippen LogP contribution in [0.5, 0.6) is 0 Å². The molecule has 0 fully saturated rings. The summed E-state index contributed by atoms with van der Waals surface area (Å²) >= 11 is 0. The van der Waals surface area contributed by atoms with Gasteiger partial charge in [0.25, 0.3) is 0 Å². The maximum Gasteiger partial charge on any atom is 0.331 e. The highest BCUT2D eigenvalue weighted by atomic mass is 16.4. The van der Waals surface area contributed by atoms with Crippen LogP contribution in [0.15, 0.2) is 96.6 Å². The fraction of sp³-hybridized carbons (Fsp3) is 0.156. The van der Waals surface area contributed by atoms with Gasteiger partial charge in [0.05, 0.1) is 11.4 Å². The van der Waals surface area contributed by atoms with Gasteiger partial charge in [0.1, 0.15) is 0 Å². The first-order valence-corrected chi connectivity index (χ1v) is 12.5. The third kappa shape index (κ3) is 5.36. The summed E-state index contributed by atoms with van der Waals surface area (Å²) < 4.78 is 0. The third-order valence-corrected chi connectivity index (χ3v) is 6.83. The monoisotopic (exact) mass is 488 g/mol. The molecule has 5 nitrogen and oxygen atoms in total. The lowest BCUT2D eigenvalue weighted by Crippen LogP contribution is -2.08. The molecule has 1 aromatic heterocycles. The summed E-state index contributed by atoms with van der Waals surface area (Å²) in [7, 11) is 0. The van der Waals surface area contributed by atoms with Crippen molar-refractivity contribution in [1.29, 1.82) is 0 Å².